The third-order valence-electron chi connectivity index (χ3n) is 5.92. The van der Waals surface area contributed by atoms with E-state index in [2.05, 4.69) is 15.6 Å². The van der Waals surface area contributed by atoms with Crippen molar-refractivity contribution >= 4 is 23.4 Å². The number of hydrogen-bond donors (Lipinski definition) is 1. The second-order valence-electron chi connectivity index (χ2n) is 7.74. The van der Waals surface area contributed by atoms with Gasteiger partial charge in [0.05, 0.1) is 5.75 Å². The van der Waals surface area contributed by atoms with Crippen LogP contribution in [0.3, 0.4) is 0 Å². The van der Waals surface area contributed by atoms with E-state index < -0.39 is 11.2 Å². The second kappa shape index (κ2) is 6.68. The number of rotatable bonds is 4. The first kappa shape index (κ1) is 17.5. The molecule has 0 saturated heterocycles. The number of carbonyl (C=O) groups is 1. The molecule has 4 bridgehead atoms. The molecule has 4 aliphatic carbocycles. The number of nitrogens with one attached hydrogen (secondary N) is 1. The summed E-state index contributed by atoms with van der Waals surface area (Å²) in [6.45, 7) is 0. The van der Waals surface area contributed by atoms with E-state index in [1.54, 1.807) is 0 Å². The zero-order valence-corrected chi connectivity index (χ0v) is 15.8. The van der Waals surface area contributed by atoms with Crippen molar-refractivity contribution in [1.82, 2.24) is 19.8 Å². The number of thioether (sulfide) groups is 1. The van der Waals surface area contributed by atoms with Crippen LogP contribution in [-0.4, -0.2) is 31.7 Å². The van der Waals surface area contributed by atoms with Crippen molar-refractivity contribution in [2.75, 3.05) is 5.75 Å². The fraction of sp³-hybridized carbons (Fsp3) is 0.706. The molecule has 0 unspecified atom stereocenters. The molecule has 1 aromatic heterocycles. The quantitative estimate of drug-likeness (QED) is 0.609. The van der Waals surface area contributed by atoms with Gasteiger partial charge in [0.25, 0.3) is 5.56 Å². The van der Waals surface area contributed by atoms with E-state index in [0.717, 1.165) is 32.8 Å². The molecule has 5 rings (SSSR count). The van der Waals surface area contributed by atoms with E-state index in [9.17, 15) is 14.4 Å². The van der Waals surface area contributed by atoms with E-state index in [-0.39, 0.29) is 16.7 Å². The highest BCUT2D eigenvalue weighted by atomic mass is 32.2. The molecule has 26 heavy (non-hydrogen) atoms. The highest BCUT2D eigenvalue weighted by molar-refractivity contribution is 7.99. The zero-order chi connectivity index (χ0) is 18.4. The smallest absolute Gasteiger partial charge is 0.272 e. The van der Waals surface area contributed by atoms with Crippen LogP contribution in [0.1, 0.15) is 32.1 Å². The predicted octanol–water partition coefficient (Wildman–Crippen LogP) is 0.499. The van der Waals surface area contributed by atoms with Crippen LogP contribution in [0.2, 0.25) is 0 Å². The minimum absolute atomic E-state index is 0.0395. The Bertz CT molecular complexity index is 857. The topological polar surface area (TPSA) is 98.3 Å². The zero-order valence-electron chi connectivity index (χ0n) is 15.0. The summed E-state index contributed by atoms with van der Waals surface area (Å²) >= 11 is 1.02. The first-order chi connectivity index (χ1) is 12.4. The molecule has 1 aromatic rings. The summed E-state index contributed by atoms with van der Waals surface area (Å²) in [4.78, 5) is 35.8. The van der Waals surface area contributed by atoms with Crippen molar-refractivity contribution in [3.63, 3.8) is 0 Å². The largest absolute Gasteiger partial charge is 0.346 e. The summed E-state index contributed by atoms with van der Waals surface area (Å²) < 4.78 is 2.08. The van der Waals surface area contributed by atoms with Gasteiger partial charge in [-0.15, -0.1) is 0 Å². The summed E-state index contributed by atoms with van der Waals surface area (Å²) in [5, 5.41) is 8.52. The van der Waals surface area contributed by atoms with Gasteiger partial charge in [0.2, 0.25) is 5.91 Å². The highest BCUT2D eigenvalue weighted by Gasteiger charge is 2.46. The molecule has 0 spiro atoms. The van der Waals surface area contributed by atoms with Crippen LogP contribution in [0.4, 0.5) is 0 Å². The van der Waals surface area contributed by atoms with Crippen molar-refractivity contribution in [1.29, 1.82) is 0 Å². The number of aryl methyl sites for hydroxylation is 1. The standard InChI is InChI=1S/C17H23N5O3S/c1-21-16(24)15(20-22(2)17(21)25)26-8-13(23)18-19-14-11-4-9-3-10(6-11)7-12(14)5-9/h9-12H,3-8H2,1-2H3,(H,18,23). The van der Waals surface area contributed by atoms with Crippen LogP contribution in [0.15, 0.2) is 19.7 Å². The van der Waals surface area contributed by atoms with Crippen molar-refractivity contribution in [3.8, 4) is 0 Å². The van der Waals surface area contributed by atoms with Gasteiger partial charge in [0.1, 0.15) is 0 Å². The summed E-state index contributed by atoms with van der Waals surface area (Å²) in [6.07, 6.45) is 6.25. The van der Waals surface area contributed by atoms with E-state index >= 15 is 0 Å². The molecular weight excluding hydrogens is 354 g/mol. The SMILES string of the molecule is Cn1nc(SCC(=O)NN=C2C3CC4CC(C3)CC2C4)c(=O)n(C)c1=O. The van der Waals surface area contributed by atoms with Gasteiger partial charge in [-0.05, 0) is 55.8 Å². The Kier molecular flexibility index (Phi) is 4.50. The average Bonchev–Trinajstić information content (AvgIpc) is 2.60. The minimum Gasteiger partial charge on any atom is -0.272 e. The van der Waals surface area contributed by atoms with Gasteiger partial charge in [-0.25, -0.2) is 14.9 Å². The summed E-state index contributed by atoms with van der Waals surface area (Å²) in [7, 11) is 2.87. The molecule has 140 valence electrons. The fourth-order valence-corrected chi connectivity index (χ4v) is 5.68. The first-order valence-corrected chi connectivity index (χ1v) is 10.0. The molecule has 8 nitrogen and oxygen atoms in total. The molecule has 0 aromatic carbocycles. The van der Waals surface area contributed by atoms with Crippen LogP contribution in [0.5, 0.6) is 0 Å². The highest BCUT2D eigenvalue weighted by Crippen LogP contribution is 2.52. The number of nitrogens with zero attached hydrogens (tertiary/aromatic N) is 4. The summed E-state index contributed by atoms with van der Waals surface area (Å²) in [5.41, 5.74) is 2.86. The summed E-state index contributed by atoms with van der Waals surface area (Å²) in [6, 6.07) is 0. The van der Waals surface area contributed by atoms with E-state index in [1.807, 2.05) is 0 Å². The average molecular weight is 377 g/mol. The fourth-order valence-electron chi connectivity index (χ4n) is 4.90. The molecule has 0 radical (unpaired) electrons. The Hall–Kier alpha value is -1.90. The van der Waals surface area contributed by atoms with Crippen LogP contribution in [-0.2, 0) is 18.9 Å². The molecule has 4 saturated carbocycles. The Morgan fingerprint density at radius 1 is 1.15 bits per heavy atom. The maximum atomic E-state index is 12.2. The molecule has 9 heteroatoms. The number of aromatic nitrogens is 3. The molecule has 0 atom stereocenters. The van der Waals surface area contributed by atoms with Gasteiger partial charge in [0.15, 0.2) is 5.03 Å². The van der Waals surface area contributed by atoms with Crippen LogP contribution in [0.25, 0.3) is 0 Å². The third kappa shape index (κ3) is 3.13. The van der Waals surface area contributed by atoms with Crippen molar-refractivity contribution in [2.24, 2.45) is 42.9 Å². The van der Waals surface area contributed by atoms with Gasteiger partial charge in [0, 0.05) is 19.8 Å². The molecule has 1 heterocycles. The van der Waals surface area contributed by atoms with Crippen molar-refractivity contribution in [2.45, 2.75) is 37.1 Å². The van der Waals surface area contributed by atoms with Crippen LogP contribution < -0.4 is 16.7 Å². The number of hydrogen-bond acceptors (Lipinski definition) is 6. The normalized spacial score (nSPS) is 29.1. The van der Waals surface area contributed by atoms with Crippen LogP contribution >= 0.6 is 11.8 Å². The van der Waals surface area contributed by atoms with Gasteiger partial charge >= 0.3 is 5.69 Å². The predicted molar refractivity (Wildman–Crippen MR) is 98.1 cm³/mol. The number of amides is 1. The molecule has 1 amide bonds. The Labute approximate surface area is 155 Å². The van der Waals surface area contributed by atoms with Gasteiger partial charge < -0.3 is 0 Å². The van der Waals surface area contributed by atoms with Gasteiger partial charge in [-0.3, -0.25) is 14.2 Å². The molecular formula is C17H23N5O3S. The maximum absolute atomic E-state index is 12.2. The maximum Gasteiger partial charge on any atom is 0.346 e. The van der Waals surface area contributed by atoms with Gasteiger partial charge in [-0.2, -0.15) is 10.2 Å². The van der Waals surface area contributed by atoms with E-state index in [0.29, 0.717) is 11.8 Å². The van der Waals surface area contributed by atoms with Crippen molar-refractivity contribution < 1.29 is 4.79 Å². The van der Waals surface area contributed by atoms with E-state index in [4.69, 9.17) is 0 Å². The Morgan fingerprint density at radius 2 is 1.77 bits per heavy atom. The van der Waals surface area contributed by atoms with E-state index in [1.165, 1.54) is 51.9 Å². The van der Waals surface area contributed by atoms with Gasteiger partial charge in [-0.1, -0.05) is 11.8 Å². The van der Waals surface area contributed by atoms with Crippen molar-refractivity contribution in [3.05, 3.63) is 20.8 Å². The molecule has 1 N–H and O–H groups in total. The third-order valence-corrected chi connectivity index (χ3v) is 6.85. The molecule has 4 fully saturated rings. The van der Waals surface area contributed by atoms with Crippen LogP contribution in [0, 0.1) is 23.7 Å². The monoisotopic (exact) mass is 377 g/mol. The lowest BCUT2D eigenvalue weighted by molar-refractivity contribution is -0.118. The summed E-state index contributed by atoms with van der Waals surface area (Å²) in [5.74, 6) is 2.57. The lowest BCUT2D eigenvalue weighted by atomic mass is 9.55. The Morgan fingerprint density at radius 3 is 2.38 bits per heavy atom. The molecule has 4 aliphatic rings. The first-order valence-electron chi connectivity index (χ1n) is 9.05. The lowest BCUT2D eigenvalue weighted by Gasteiger charge is -2.50. The Balaban J connectivity index is 1.38. The number of hydrazone groups is 1. The second-order valence-corrected chi connectivity index (χ2v) is 8.70. The lowest BCUT2D eigenvalue weighted by Crippen LogP contribution is -2.46. The molecule has 0 aliphatic heterocycles. The number of carbonyl (C=O) groups excluding carboxylic acids is 1. The minimum atomic E-state index is -0.489.